The Bertz CT molecular complexity index is 479. The number of benzene rings is 1. The molecule has 1 fully saturated rings. The van der Waals surface area contributed by atoms with Crippen molar-refractivity contribution in [3.8, 4) is 0 Å². The molecule has 1 aromatic carbocycles. The summed E-state index contributed by atoms with van der Waals surface area (Å²) < 4.78 is 31.3. The lowest BCUT2D eigenvalue weighted by Crippen LogP contribution is -2.41. The fourth-order valence-corrected chi connectivity index (χ4v) is 2.05. The van der Waals surface area contributed by atoms with Crippen molar-refractivity contribution in [2.24, 2.45) is 0 Å². The summed E-state index contributed by atoms with van der Waals surface area (Å²) in [6.07, 6.45) is 0. The van der Waals surface area contributed by atoms with E-state index in [0.717, 1.165) is 45.0 Å². The molecule has 0 saturated carbocycles. The third-order valence-corrected chi connectivity index (χ3v) is 3.20. The Kier molecular flexibility index (Phi) is 6.04. The van der Waals surface area contributed by atoms with E-state index in [1.54, 1.807) is 0 Å². The van der Waals surface area contributed by atoms with E-state index in [0.29, 0.717) is 6.54 Å². The summed E-state index contributed by atoms with van der Waals surface area (Å²) in [5.74, 6) is -1.81. The second-order valence-electron chi connectivity index (χ2n) is 4.80. The van der Waals surface area contributed by atoms with Gasteiger partial charge in [-0.3, -0.25) is 9.69 Å². The van der Waals surface area contributed by atoms with Crippen LogP contribution >= 0.6 is 0 Å². The Morgan fingerprint density at radius 3 is 2.76 bits per heavy atom. The molecule has 0 radical (unpaired) electrons. The van der Waals surface area contributed by atoms with Crippen LogP contribution in [0.25, 0.3) is 0 Å². The number of carbonyl (C=O) groups excluding carboxylic acids is 1. The van der Waals surface area contributed by atoms with Crippen molar-refractivity contribution < 1.29 is 18.3 Å². The molecule has 7 heteroatoms. The molecular formula is C14H19F2N3O2. The second-order valence-corrected chi connectivity index (χ2v) is 4.80. The van der Waals surface area contributed by atoms with E-state index in [2.05, 4.69) is 15.5 Å². The highest BCUT2D eigenvalue weighted by Crippen LogP contribution is 2.14. The van der Waals surface area contributed by atoms with Crippen LogP contribution in [0.3, 0.4) is 0 Å². The van der Waals surface area contributed by atoms with E-state index in [9.17, 15) is 13.6 Å². The minimum Gasteiger partial charge on any atom is -0.379 e. The zero-order valence-corrected chi connectivity index (χ0v) is 11.7. The molecule has 0 aromatic heterocycles. The first kappa shape index (κ1) is 15.8. The van der Waals surface area contributed by atoms with Crippen LogP contribution < -0.4 is 10.6 Å². The molecule has 1 aliphatic heterocycles. The lowest BCUT2D eigenvalue weighted by atomic mass is 10.3. The van der Waals surface area contributed by atoms with Crippen LogP contribution in [0, 0.1) is 11.6 Å². The first-order chi connectivity index (χ1) is 10.1. The van der Waals surface area contributed by atoms with Crippen LogP contribution in [-0.4, -0.2) is 56.7 Å². The van der Waals surface area contributed by atoms with Gasteiger partial charge in [-0.15, -0.1) is 0 Å². The van der Waals surface area contributed by atoms with Gasteiger partial charge in [0.2, 0.25) is 5.91 Å². The zero-order chi connectivity index (χ0) is 15.1. The van der Waals surface area contributed by atoms with E-state index < -0.39 is 11.6 Å². The van der Waals surface area contributed by atoms with Gasteiger partial charge < -0.3 is 15.4 Å². The average molecular weight is 299 g/mol. The first-order valence-electron chi connectivity index (χ1n) is 6.91. The normalized spacial score (nSPS) is 15.9. The van der Waals surface area contributed by atoms with Crippen LogP contribution in [-0.2, 0) is 9.53 Å². The minimum absolute atomic E-state index is 0.0172. The summed E-state index contributed by atoms with van der Waals surface area (Å²) in [5, 5.41) is 5.39. The SMILES string of the molecule is O=C(CNCCN1CCOCC1)Nc1ccc(F)cc1F. The summed E-state index contributed by atoms with van der Waals surface area (Å²) in [6.45, 7) is 4.86. The minimum atomic E-state index is -0.781. The largest absolute Gasteiger partial charge is 0.379 e. The van der Waals surface area contributed by atoms with Crippen molar-refractivity contribution in [1.29, 1.82) is 0 Å². The fourth-order valence-electron chi connectivity index (χ4n) is 2.05. The standard InChI is InChI=1S/C14H19F2N3O2/c15-11-1-2-13(12(16)9-11)18-14(20)10-17-3-4-19-5-7-21-8-6-19/h1-2,9,17H,3-8,10H2,(H,18,20). The molecule has 1 saturated heterocycles. The molecule has 1 heterocycles. The van der Waals surface area contributed by atoms with Crippen LogP contribution in [0.1, 0.15) is 0 Å². The van der Waals surface area contributed by atoms with E-state index in [-0.39, 0.29) is 18.1 Å². The summed E-state index contributed by atoms with van der Waals surface area (Å²) in [4.78, 5) is 13.9. The molecule has 5 nitrogen and oxygen atoms in total. The van der Waals surface area contributed by atoms with Crippen molar-refractivity contribution in [2.75, 3.05) is 51.3 Å². The van der Waals surface area contributed by atoms with Gasteiger partial charge in [-0.2, -0.15) is 0 Å². The third-order valence-electron chi connectivity index (χ3n) is 3.20. The smallest absolute Gasteiger partial charge is 0.238 e. The number of anilines is 1. The number of hydrogen-bond acceptors (Lipinski definition) is 4. The highest BCUT2D eigenvalue weighted by molar-refractivity contribution is 5.92. The highest BCUT2D eigenvalue weighted by Gasteiger charge is 2.10. The molecule has 0 bridgehead atoms. The number of nitrogens with one attached hydrogen (secondary N) is 2. The third kappa shape index (κ3) is 5.37. The van der Waals surface area contributed by atoms with Crippen LogP contribution in [0.5, 0.6) is 0 Å². The van der Waals surface area contributed by atoms with Gasteiger partial charge in [-0.1, -0.05) is 0 Å². The van der Waals surface area contributed by atoms with Crippen molar-refractivity contribution in [1.82, 2.24) is 10.2 Å². The molecule has 0 aliphatic carbocycles. The second kappa shape index (κ2) is 8.02. The lowest BCUT2D eigenvalue weighted by molar-refractivity contribution is -0.115. The molecular weight excluding hydrogens is 280 g/mol. The van der Waals surface area contributed by atoms with Gasteiger partial charge >= 0.3 is 0 Å². The van der Waals surface area contributed by atoms with Crippen molar-refractivity contribution in [3.05, 3.63) is 29.8 Å². The molecule has 1 aromatic rings. The summed E-state index contributed by atoms with van der Waals surface area (Å²) >= 11 is 0. The molecule has 116 valence electrons. The van der Waals surface area contributed by atoms with Gasteiger partial charge in [-0.25, -0.2) is 8.78 Å². The van der Waals surface area contributed by atoms with E-state index in [1.165, 1.54) is 6.07 Å². The number of rotatable bonds is 6. The van der Waals surface area contributed by atoms with Gasteiger partial charge in [0.1, 0.15) is 11.6 Å². The number of halogens is 2. The maximum absolute atomic E-state index is 13.3. The lowest BCUT2D eigenvalue weighted by Gasteiger charge is -2.26. The Labute approximate surface area is 122 Å². The predicted molar refractivity (Wildman–Crippen MR) is 75.1 cm³/mol. The van der Waals surface area contributed by atoms with Gasteiger partial charge in [0.25, 0.3) is 0 Å². The Balaban J connectivity index is 1.65. The first-order valence-corrected chi connectivity index (χ1v) is 6.91. The topological polar surface area (TPSA) is 53.6 Å². The van der Waals surface area contributed by atoms with Crippen LogP contribution in [0.4, 0.5) is 14.5 Å². The van der Waals surface area contributed by atoms with Gasteiger partial charge in [0.05, 0.1) is 25.4 Å². The average Bonchev–Trinajstić information content (AvgIpc) is 2.48. The fraction of sp³-hybridized carbons (Fsp3) is 0.500. The Morgan fingerprint density at radius 2 is 2.05 bits per heavy atom. The maximum Gasteiger partial charge on any atom is 0.238 e. The summed E-state index contributed by atoms with van der Waals surface area (Å²) in [6, 6.07) is 3.04. The Hall–Kier alpha value is -1.57. The van der Waals surface area contributed by atoms with E-state index >= 15 is 0 Å². The monoisotopic (exact) mass is 299 g/mol. The molecule has 2 N–H and O–H groups in total. The van der Waals surface area contributed by atoms with Crippen LogP contribution in [0.15, 0.2) is 18.2 Å². The number of hydrogen-bond donors (Lipinski definition) is 2. The molecule has 2 rings (SSSR count). The molecule has 0 unspecified atom stereocenters. The highest BCUT2D eigenvalue weighted by atomic mass is 19.1. The number of amides is 1. The van der Waals surface area contributed by atoms with Gasteiger partial charge in [-0.05, 0) is 12.1 Å². The van der Waals surface area contributed by atoms with Gasteiger partial charge in [0.15, 0.2) is 0 Å². The summed E-state index contributed by atoms with van der Waals surface area (Å²) in [7, 11) is 0. The molecule has 0 spiro atoms. The molecule has 1 aliphatic rings. The maximum atomic E-state index is 13.3. The van der Waals surface area contributed by atoms with Gasteiger partial charge in [0, 0.05) is 32.2 Å². The zero-order valence-electron chi connectivity index (χ0n) is 11.7. The van der Waals surface area contributed by atoms with Crippen molar-refractivity contribution in [2.45, 2.75) is 0 Å². The quantitative estimate of drug-likeness (QED) is 0.764. The van der Waals surface area contributed by atoms with E-state index in [1.807, 2.05) is 0 Å². The number of nitrogens with zero attached hydrogens (tertiary/aromatic N) is 1. The molecule has 21 heavy (non-hydrogen) atoms. The van der Waals surface area contributed by atoms with Crippen LogP contribution in [0.2, 0.25) is 0 Å². The summed E-state index contributed by atoms with van der Waals surface area (Å²) in [5.41, 5.74) is -0.0172. The number of carbonyl (C=O) groups is 1. The molecule has 0 atom stereocenters. The Morgan fingerprint density at radius 1 is 1.29 bits per heavy atom. The van der Waals surface area contributed by atoms with E-state index in [4.69, 9.17) is 4.74 Å². The number of ether oxygens (including phenoxy) is 1. The molecule has 1 amide bonds. The predicted octanol–water partition coefficient (Wildman–Crippen LogP) is 0.825. The number of morpholine rings is 1. The van der Waals surface area contributed by atoms with Crippen molar-refractivity contribution in [3.63, 3.8) is 0 Å². The van der Waals surface area contributed by atoms with Crippen molar-refractivity contribution >= 4 is 11.6 Å².